The van der Waals surface area contributed by atoms with Gasteiger partial charge in [-0.05, 0) is 0 Å². The van der Waals surface area contributed by atoms with Crippen LogP contribution in [0.3, 0.4) is 0 Å². The Labute approximate surface area is 182 Å². The van der Waals surface area contributed by atoms with Crippen molar-refractivity contribution in [1.29, 1.82) is 0 Å². The number of esters is 1. The predicted molar refractivity (Wildman–Crippen MR) is 125 cm³/mol. The van der Waals surface area contributed by atoms with Crippen molar-refractivity contribution in [3.63, 3.8) is 0 Å². The standard InChI is InChI=1S/C13H15O3.3C4H9.Sn/c1-3-16-13(14)12-8-11(12)9-4-6-10(15-2)7-5-9;3*1-3-4-2;/h4-7,11H,3,8H2,1-2H3;3*1,3-4H2,2H3;/t11-;;;;/m0..../s1. The van der Waals surface area contributed by atoms with E-state index in [1.807, 2.05) is 19.1 Å². The molecule has 0 aliphatic heterocycles. The van der Waals surface area contributed by atoms with Crippen molar-refractivity contribution in [2.45, 2.75) is 95.3 Å². The molecule has 0 unspecified atom stereocenters. The van der Waals surface area contributed by atoms with Crippen LogP contribution in [0.15, 0.2) is 24.3 Å². The first-order valence-electron chi connectivity index (χ1n) is 11.9. The third-order valence-electron chi connectivity index (χ3n) is 7.09. The molecule has 1 saturated carbocycles. The van der Waals surface area contributed by atoms with E-state index in [1.54, 1.807) is 7.11 Å². The van der Waals surface area contributed by atoms with Gasteiger partial charge < -0.3 is 0 Å². The van der Waals surface area contributed by atoms with Gasteiger partial charge in [0.05, 0.1) is 0 Å². The van der Waals surface area contributed by atoms with E-state index in [9.17, 15) is 4.79 Å². The topological polar surface area (TPSA) is 35.5 Å². The zero-order chi connectivity index (χ0) is 21.3. The number of benzene rings is 1. The zero-order valence-corrected chi connectivity index (χ0v) is 22.2. The second-order valence-electron chi connectivity index (χ2n) is 8.81. The van der Waals surface area contributed by atoms with Gasteiger partial charge in [0, 0.05) is 0 Å². The summed E-state index contributed by atoms with van der Waals surface area (Å²) in [7, 11) is 1.71. The van der Waals surface area contributed by atoms with E-state index in [0.717, 1.165) is 12.2 Å². The van der Waals surface area contributed by atoms with Gasteiger partial charge in [-0.15, -0.1) is 0 Å². The summed E-state index contributed by atoms with van der Waals surface area (Å²) in [5.74, 6) is 1.38. The van der Waals surface area contributed by atoms with Crippen LogP contribution < -0.4 is 4.74 Å². The van der Waals surface area contributed by atoms with E-state index in [-0.39, 0.29) is 9.40 Å². The van der Waals surface area contributed by atoms with Gasteiger partial charge in [0.25, 0.3) is 0 Å². The number of ether oxygens (including phenoxy) is 2. The Hall–Kier alpha value is -0.711. The SMILES string of the molecule is CCC[CH2][Sn]([CH2]CCC)([CH2]CCC)[C@@]1(C(=O)OCC)C[C@H]1c1ccc(OC)cc1. The Kier molecular flexibility index (Phi) is 9.84. The van der Waals surface area contributed by atoms with Gasteiger partial charge in [0.2, 0.25) is 0 Å². The van der Waals surface area contributed by atoms with Gasteiger partial charge in [-0.2, -0.15) is 0 Å². The number of hydrogen-bond acceptors (Lipinski definition) is 3. The molecule has 0 N–H and O–H groups in total. The number of methoxy groups -OCH3 is 1. The van der Waals surface area contributed by atoms with E-state index >= 15 is 0 Å². The summed E-state index contributed by atoms with van der Waals surface area (Å²) in [6.07, 6.45) is 8.53. The molecule has 1 fully saturated rings. The summed E-state index contributed by atoms with van der Waals surface area (Å²) < 4.78 is 15.0. The van der Waals surface area contributed by atoms with E-state index < -0.39 is 18.4 Å². The van der Waals surface area contributed by atoms with Gasteiger partial charge in [0.15, 0.2) is 0 Å². The fraction of sp³-hybridized carbons (Fsp3) is 0.720. The number of rotatable bonds is 14. The van der Waals surface area contributed by atoms with Crippen molar-refractivity contribution in [2.24, 2.45) is 0 Å². The quantitative estimate of drug-likeness (QED) is 0.195. The van der Waals surface area contributed by atoms with Crippen LogP contribution in [0.5, 0.6) is 5.75 Å². The molecular formula is C25H42O3Sn. The molecule has 4 heteroatoms. The van der Waals surface area contributed by atoms with E-state index in [0.29, 0.717) is 12.5 Å². The van der Waals surface area contributed by atoms with Crippen LogP contribution in [0.1, 0.15) is 84.1 Å². The number of hydrogen-bond donors (Lipinski definition) is 0. The van der Waals surface area contributed by atoms with Crippen molar-refractivity contribution in [2.75, 3.05) is 13.7 Å². The summed E-state index contributed by atoms with van der Waals surface area (Å²) in [6.45, 7) is 9.33. The van der Waals surface area contributed by atoms with Gasteiger partial charge in [-0.25, -0.2) is 0 Å². The Bertz CT molecular complexity index is 606. The number of carbonyl (C=O) groups excluding carboxylic acids is 1. The Morgan fingerprint density at radius 3 is 1.90 bits per heavy atom. The Balaban J connectivity index is 2.47. The molecule has 0 amide bonds. The molecule has 3 nitrogen and oxygen atoms in total. The van der Waals surface area contributed by atoms with Gasteiger partial charge in [-0.3, -0.25) is 0 Å². The van der Waals surface area contributed by atoms with Crippen LogP contribution in [-0.4, -0.2) is 38.1 Å². The van der Waals surface area contributed by atoms with Crippen molar-refractivity contribution >= 4 is 24.3 Å². The van der Waals surface area contributed by atoms with Crippen molar-refractivity contribution in [1.82, 2.24) is 0 Å². The first-order chi connectivity index (χ1) is 14.0. The molecule has 0 heterocycles. The maximum absolute atomic E-state index is 13.6. The first-order valence-corrected chi connectivity index (χ1v) is 19.3. The molecule has 1 aromatic carbocycles. The van der Waals surface area contributed by atoms with Gasteiger partial charge >= 0.3 is 183 Å². The molecule has 0 bridgehead atoms. The van der Waals surface area contributed by atoms with Crippen LogP contribution in [0, 0.1) is 0 Å². The molecule has 2 rings (SSSR count). The van der Waals surface area contributed by atoms with Crippen LogP contribution in [-0.2, 0) is 9.53 Å². The molecule has 29 heavy (non-hydrogen) atoms. The summed E-state index contributed by atoms with van der Waals surface area (Å²) in [6, 6.07) is 8.46. The molecule has 0 radical (unpaired) electrons. The summed E-state index contributed by atoms with van der Waals surface area (Å²) in [5.41, 5.74) is 1.31. The fourth-order valence-corrected chi connectivity index (χ4v) is 26.0. The van der Waals surface area contributed by atoms with Crippen LogP contribution >= 0.6 is 0 Å². The van der Waals surface area contributed by atoms with Gasteiger partial charge in [0.1, 0.15) is 0 Å². The average molecular weight is 509 g/mol. The molecule has 1 aliphatic rings. The average Bonchev–Trinajstić information content (AvgIpc) is 3.51. The molecule has 0 spiro atoms. The minimum atomic E-state index is -2.82. The van der Waals surface area contributed by atoms with E-state index in [1.165, 1.54) is 57.4 Å². The second-order valence-corrected chi connectivity index (χ2v) is 22.9. The monoisotopic (exact) mass is 510 g/mol. The minimum absolute atomic E-state index is 0.139. The van der Waals surface area contributed by atoms with Crippen LogP contribution in [0.4, 0.5) is 0 Å². The molecular weight excluding hydrogens is 467 g/mol. The molecule has 0 aromatic heterocycles. The normalized spacial score (nSPS) is 21.1. The third-order valence-corrected chi connectivity index (χ3v) is 25.9. The molecule has 1 aliphatic carbocycles. The molecule has 1 aromatic rings. The molecule has 0 saturated heterocycles. The Morgan fingerprint density at radius 1 is 0.966 bits per heavy atom. The van der Waals surface area contributed by atoms with Crippen molar-refractivity contribution in [3.05, 3.63) is 29.8 Å². The van der Waals surface area contributed by atoms with Crippen molar-refractivity contribution in [3.8, 4) is 5.75 Å². The number of unbranched alkanes of at least 4 members (excludes halogenated alkanes) is 3. The van der Waals surface area contributed by atoms with Crippen LogP contribution in [0.25, 0.3) is 0 Å². The molecule has 164 valence electrons. The maximum atomic E-state index is 13.6. The molecule has 2 atom stereocenters. The summed E-state index contributed by atoms with van der Waals surface area (Å²) in [4.78, 5) is 13.6. The van der Waals surface area contributed by atoms with E-state index in [2.05, 4.69) is 32.9 Å². The zero-order valence-electron chi connectivity index (χ0n) is 19.4. The summed E-state index contributed by atoms with van der Waals surface area (Å²) >= 11 is -2.82. The van der Waals surface area contributed by atoms with Crippen LogP contribution in [0.2, 0.25) is 16.7 Å². The third kappa shape index (κ3) is 5.32. The first kappa shape index (κ1) is 24.6. The fourth-order valence-electron chi connectivity index (χ4n) is 5.38. The summed E-state index contributed by atoms with van der Waals surface area (Å²) in [5, 5.41) is 0. The van der Waals surface area contributed by atoms with Crippen molar-refractivity contribution < 1.29 is 14.3 Å². The van der Waals surface area contributed by atoms with Gasteiger partial charge in [-0.1, -0.05) is 0 Å². The van der Waals surface area contributed by atoms with E-state index in [4.69, 9.17) is 9.47 Å². The predicted octanol–water partition coefficient (Wildman–Crippen LogP) is 7.34. The second kappa shape index (κ2) is 11.6. The number of carbonyl (C=O) groups is 1. The Morgan fingerprint density at radius 2 is 1.48 bits per heavy atom.